The SMILES string of the molecule is C1=CN2/C=C\C=C/c3ccccc3C2=CC1. The minimum Gasteiger partial charge on any atom is -0.324 e. The molecule has 1 aromatic carbocycles. The molecule has 0 N–H and O–H groups in total. The normalized spacial score (nSPS) is 21.2. The second-order valence-electron chi connectivity index (χ2n) is 3.90. The van der Waals surface area contributed by atoms with E-state index in [1.807, 2.05) is 0 Å². The van der Waals surface area contributed by atoms with Crippen molar-refractivity contribution in [3.8, 4) is 0 Å². The van der Waals surface area contributed by atoms with Crippen molar-refractivity contribution in [3.05, 3.63) is 72.1 Å². The molecule has 0 radical (unpaired) electrons. The fourth-order valence-corrected chi connectivity index (χ4v) is 2.10. The highest BCUT2D eigenvalue weighted by Gasteiger charge is 2.12. The van der Waals surface area contributed by atoms with Gasteiger partial charge in [0.15, 0.2) is 0 Å². The van der Waals surface area contributed by atoms with E-state index in [2.05, 4.69) is 71.9 Å². The van der Waals surface area contributed by atoms with Gasteiger partial charge in [0.25, 0.3) is 0 Å². The minimum absolute atomic E-state index is 1.01. The summed E-state index contributed by atoms with van der Waals surface area (Å²) >= 11 is 0. The summed E-state index contributed by atoms with van der Waals surface area (Å²) in [7, 11) is 0. The average molecular weight is 207 g/mol. The molecule has 0 aromatic heterocycles. The first-order valence-electron chi connectivity index (χ1n) is 5.54. The summed E-state index contributed by atoms with van der Waals surface area (Å²) in [5.41, 5.74) is 3.85. The monoisotopic (exact) mass is 207 g/mol. The van der Waals surface area contributed by atoms with Gasteiger partial charge in [0, 0.05) is 23.7 Å². The number of hydrogen-bond acceptors (Lipinski definition) is 1. The number of nitrogens with zero attached hydrogens (tertiary/aromatic N) is 1. The van der Waals surface area contributed by atoms with Crippen LogP contribution in [0.2, 0.25) is 0 Å². The fraction of sp³-hybridized carbons (Fsp3) is 0.0667. The zero-order chi connectivity index (χ0) is 10.8. The van der Waals surface area contributed by atoms with Crippen LogP contribution in [0.5, 0.6) is 0 Å². The van der Waals surface area contributed by atoms with E-state index >= 15 is 0 Å². The van der Waals surface area contributed by atoms with E-state index in [0.717, 1.165) is 6.42 Å². The highest BCUT2D eigenvalue weighted by molar-refractivity contribution is 5.76. The Kier molecular flexibility index (Phi) is 2.22. The molecule has 0 spiro atoms. The molecule has 0 atom stereocenters. The molecule has 1 heteroatoms. The van der Waals surface area contributed by atoms with Crippen LogP contribution in [0.3, 0.4) is 0 Å². The van der Waals surface area contributed by atoms with Gasteiger partial charge in [-0.2, -0.15) is 0 Å². The van der Waals surface area contributed by atoms with Crippen LogP contribution < -0.4 is 0 Å². The summed E-state index contributed by atoms with van der Waals surface area (Å²) < 4.78 is 0. The molecule has 0 fully saturated rings. The molecular weight excluding hydrogens is 194 g/mol. The van der Waals surface area contributed by atoms with Gasteiger partial charge in [0.2, 0.25) is 0 Å². The highest BCUT2D eigenvalue weighted by atomic mass is 15.1. The largest absolute Gasteiger partial charge is 0.324 e. The van der Waals surface area contributed by atoms with Gasteiger partial charge >= 0.3 is 0 Å². The predicted octanol–water partition coefficient (Wildman–Crippen LogP) is 3.79. The van der Waals surface area contributed by atoms with Gasteiger partial charge in [-0.25, -0.2) is 0 Å². The Bertz CT molecular complexity index is 518. The van der Waals surface area contributed by atoms with E-state index in [1.165, 1.54) is 16.8 Å². The van der Waals surface area contributed by atoms with E-state index in [4.69, 9.17) is 0 Å². The Labute approximate surface area is 95.7 Å². The fourth-order valence-electron chi connectivity index (χ4n) is 2.10. The standard InChI is InChI=1S/C15H13N/c1-2-9-14-13(7-1)8-3-5-11-16-12-6-4-10-15(14)16/h1-3,5-12H,4H2/b8-3-,11-5-. The Morgan fingerprint density at radius 1 is 1.00 bits per heavy atom. The van der Waals surface area contributed by atoms with Crippen LogP contribution in [0.1, 0.15) is 17.5 Å². The van der Waals surface area contributed by atoms with E-state index < -0.39 is 0 Å². The lowest BCUT2D eigenvalue weighted by molar-refractivity contribution is 0.706. The van der Waals surface area contributed by atoms with Crippen LogP contribution in [0.25, 0.3) is 11.8 Å². The van der Waals surface area contributed by atoms with Crippen molar-refractivity contribution in [1.29, 1.82) is 0 Å². The Hall–Kier alpha value is -2.02. The van der Waals surface area contributed by atoms with Crippen LogP contribution in [0.15, 0.2) is 61.0 Å². The third kappa shape index (κ3) is 1.50. The molecule has 1 aromatic rings. The lowest BCUT2D eigenvalue weighted by Crippen LogP contribution is -2.12. The maximum Gasteiger partial charge on any atom is 0.0490 e. The number of allylic oxidation sites excluding steroid dienone is 4. The van der Waals surface area contributed by atoms with Gasteiger partial charge in [0.1, 0.15) is 0 Å². The van der Waals surface area contributed by atoms with Gasteiger partial charge < -0.3 is 4.90 Å². The van der Waals surface area contributed by atoms with Gasteiger partial charge in [-0.1, -0.05) is 48.6 Å². The molecule has 0 amide bonds. The summed E-state index contributed by atoms with van der Waals surface area (Å²) in [6.07, 6.45) is 16.0. The molecule has 0 saturated heterocycles. The number of fused-ring (bicyclic) bond motifs is 3. The van der Waals surface area contributed by atoms with Crippen LogP contribution in [0, 0.1) is 0 Å². The topological polar surface area (TPSA) is 3.24 Å². The smallest absolute Gasteiger partial charge is 0.0490 e. The maximum absolute atomic E-state index is 2.27. The molecule has 2 aliphatic rings. The maximum atomic E-state index is 2.27. The molecule has 0 bridgehead atoms. The van der Waals surface area contributed by atoms with Crippen molar-refractivity contribution in [2.24, 2.45) is 0 Å². The molecule has 16 heavy (non-hydrogen) atoms. The van der Waals surface area contributed by atoms with Crippen molar-refractivity contribution < 1.29 is 0 Å². The second-order valence-corrected chi connectivity index (χ2v) is 3.90. The zero-order valence-electron chi connectivity index (χ0n) is 9.01. The third-order valence-corrected chi connectivity index (χ3v) is 2.86. The van der Waals surface area contributed by atoms with Crippen LogP contribution in [0.4, 0.5) is 0 Å². The summed E-state index contributed by atoms with van der Waals surface area (Å²) in [5.74, 6) is 0. The van der Waals surface area contributed by atoms with Crippen molar-refractivity contribution in [2.75, 3.05) is 0 Å². The van der Waals surface area contributed by atoms with Crippen LogP contribution in [-0.2, 0) is 0 Å². The number of benzene rings is 1. The molecule has 1 nitrogen and oxygen atoms in total. The molecule has 2 aliphatic heterocycles. The zero-order valence-corrected chi connectivity index (χ0v) is 9.01. The van der Waals surface area contributed by atoms with E-state index in [1.54, 1.807) is 0 Å². The summed E-state index contributed by atoms with van der Waals surface area (Å²) in [4.78, 5) is 2.17. The van der Waals surface area contributed by atoms with E-state index in [-0.39, 0.29) is 0 Å². The average Bonchev–Trinajstić information content (AvgIpc) is 2.33. The highest BCUT2D eigenvalue weighted by Crippen LogP contribution is 2.28. The summed E-state index contributed by atoms with van der Waals surface area (Å²) in [5, 5.41) is 0. The molecule has 0 aliphatic carbocycles. The molecule has 3 rings (SSSR count). The molecule has 78 valence electrons. The van der Waals surface area contributed by atoms with Crippen molar-refractivity contribution in [1.82, 2.24) is 4.90 Å². The lowest BCUT2D eigenvalue weighted by Gasteiger charge is -2.24. The number of hydrogen-bond donors (Lipinski definition) is 0. The third-order valence-electron chi connectivity index (χ3n) is 2.86. The first kappa shape index (κ1) is 9.22. The first-order valence-corrected chi connectivity index (χ1v) is 5.54. The van der Waals surface area contributed by atoms with Gasteiger partial charge in [-0.3, -0.25) is 0 Å². The molecule has 0 unspecified atom stereocenters. The Balaban J connectivity index is 2.20. The van der Waals surface area contributed by atoms with Gasteiger partial charge in [-0.15, -0.1) is 0 Å². The van der Waals surface area contributed by atoms with Crippen molar-refractivity contribution in [3.63, 3.8) is 0 Å². The molecule has 2 heterocycles. The summed E-state index contributed by atoms with van der Waals surface area (Å²) in [6.45, 7) is 0. The lowest BCUT2D eigenvalue weighted by atomic mass is 10.0. The van der Waals surface area contributed by atoms with Crippen LogP contribution >= 0.6 is 0 Å². The Morgan fingerprint density at radius 3 is 2.94 bits per heavy atom. The van der Waals surface area contributed by atoms with Gasteiger partial charge in [-0.05, 0) is 18.1 Å². The predicted molar refractivity (Wildman–Crippen MR) is 68.2 cm³/mol. The van der Waals surface area contributed by atoms with E-state index in [9.17, 15) is 0 Å². The van der Waals surface area contributed by atoms with Crippen molar-refractivity contribution >= 4 is 11.8 Å². The summed E-state index contributed by atoms with van der Waals surface area (Å²) in [6, 6.07) is 8.51. The number of rotatable bonds is 0. The minimum atomic E-state index is 1.01. The molecular formula is C15H13N. The Morgan fingerprint density at radius 2 is 1.94 bits per heavy atom. The molecule has 0 saturated carbocycles. The van der Waals surface area contributed by atoms with Crippen LogP contribution in [-0.4, -0.2) is 4.90 Å². The first-order chi connectivity index (χ1) is 7.95. The second kappa shape index (κ2) is 3.86. The van der Waals surface area contributed by atoms with Gasteiger partial charge in [0.05, 0.1) is 0 Å². The van der Waals surface area contributed by atoms with E-state index in [0.29, 0.717) is 0 Å². The quantitative estimate of drug-likeness (QED) is 0.625. The van der Waals surface area contributed by atoms with Crippen molar-refractivity contribution in [2.45, 2.75) is 6.42 Å².